The number of carbonyl (C=O) groups is 2. The Kier molecular flexibility index (Phi) is 6.99. The Labute approximate surface area is 178 Å². The van der Waals surface area contributed by atoms with E-state index in [2.05, 4.69) is 15.7 Å². The number of aromatic nitrogens is 2. The number of ether oxygens (including phenoxy) is 1. The molecule has 3 rings (SSSR count). The summed E-state index contributed by atoms with van der Waals surface area (Å²) in [6.45, 7) is 3.47. The number of hydrogen-bond donors (Lipinski definition) is 3. The molecule has 3 aromatic rings. The van der Waals surface area contributed by atoms with Gasteiger partial charge in [0.2, 0.25) is 0 Å². The first-order chi connectivity index (χ1) is 14.9. The molecule has 1 atom stereocenters. The van der Waals surface area contributed by atoms with Crippen LogP contribution in [0.4, 0.5) is 20.7 Å². The largest absolute Gasteiger partial charge is 0.461 e. The highest BCUT2D eigenvalue weighted by atomic mass is 19.1. The fraction of sp³-hybridized carbons (Fsp3) is 0.227. The van der Waals surface area contributed by atoms with Crippen molar-refractivity contribution in [3.05, 3.63) is 77.2 Å². The zero-order chi connectivity index (χ0) is 22.4. The number of esters is 1. The zero-order valence-corrected chi connectivity index (χ0v) is 17.1. The summed E-state index contributed by atoms with van der Waals surface area (Å²) in [5.74, 6) is -0.818. The standard InChI is InChI=1S/C22H23FN4O4/c1-3-31-21(29)19-14(2)20(25-22(30)24-17-11-9-16(23)10-12-17)27(26-19)13-18(28)15-7-5-4-6-8-15/h4-12,18,28H,3,13H2,1-2H3,(H2,24,25,30). The van der Waals surface area contributed by atoms with Gasteiger partial charge in [0.15, 0.2) is 5.69 Å². The van der Waals surface area contributed by atoms with Gasteiger partial charge in [-0.2, -0.15) is 5.10 Å². The van der Waals surface area contributed by atoms with E-state index in [9.17, 15) is 19.1 Å². The van der Waals surface area contributed by atoms with Crippen LogP contribution < -0.4 is 10.6 Å². The Balaban J connectivity index is 1.86. The molecule has 1 unspecified atom stereocenters. The van der Waals surface area contributed by atoms with E-state index < -0.39 is 23.9 Å². The molecule has 0 aliphatic carbocycles. The number of nitrogens with zero attached hydrogens (tertiary/aromatic N) is 2. The van der Waals surface area contributed by atoms with Crippen molar-refractivity contribution in [2.45, 2.75) is 26.5 Å². The number of anilines is 2. The van der Waals surface area contributed by atoms with Crippen molar-refractivity contribution in [3.8, 4) is 0 Å². The maximum absolute atomic E-state index is 13.1. The number of amides is 2. The summed E-state index contributed by atoms with van der Waals surface area (Å²) in [5.41, 5.74) is 1.49. The summed E-state index contributed by atoms with van der Waals surface area (Å²) in [5, 5.41) is 20.1. The monoisotopic (exact) mass is 426 g/mol. The lowest BCUT2D eigenvalue weighted by molar-refractivity contribution is 0.0516. The van der Waals surface area contributed by atoms with Gasteiger partial charge in [-0.05, 0) is 43.7 Å². The molecule has 0 aliphatic heterocycles. The Morgan fingerprint density at radius 3 is 2.45 bits per heavy atom. The maximum Gasteiger partial charge on any atom is 0.359 e. The number of nitrogens with one attached hydrogen (secondary N) is 2. The first-order valence-electron chi connectivity index (χ1n) is 9.70. The van der Waals surface area contributed by atoms with Crippen LogP contribution in [0.1, 0.15) is 34.6 Å². The molecule has 0 saturated heterocycles. The van der Waals surface area contributed by atoms with Crippen LogP contribution in [0.15, 0.2) is 54.6 Å². The quantitative estimate of drug-likeness (QED) is 0.497. The normalized spacial score (nSPS) is 11.6. The molecule has 1 heterocycles. The molecule has 0 spiro atoms. The summed E-state index contributed by atoms with van der Waals surface area (Å²) in [6, 6.07) is 13.6. The number of halogens is 1. The molecule has 0 fully saturated rings. The number of aliphatic hydroxyl groups excluding tert-OH is 1. The third kappa shape index (κ3) is 5.46. The van der Waals surface area contributed by atoms with E-state index in [-0.39, 0.29) is 24.7 Å². The van der Waals surface area contributed by atoms with Crippen molar-refractivity contribution in [2.75, 3.05) is 17.2 Å². The summed E-state index contributed by atoms with van der Waals surface area (Å²) in [6.07, 6.45) is -0.920. The summed E-state index contributed by atoms with van der Waals surface area (Å²) < 4.78 is 19.5. The van der Waals surface area contributed by atoms with Gasteiger partial charge in [-0.3, -0.25) is 5.32 Å². The van der Waals surface area contributed by atoms with Crippen LogP contribution in [-0.2, 0) is 11.3 Å². The minimum absolute atomic E-state index is 0.00355. The van der Waals surface area contributed by atoms with Gasteiger partial charge >= 0.3 is 12.0 Å². The Morgan fingerprint density at radius 2 is 1.81 bits per heavy atom. The number of carbonyl (C=O) groups excluding carboxylic acids is 2. The van der Waals surface area contributed by atoms with Gasteiger partial charge in [-0.15, -0.1) is 0 Å². The number of aliphatic hydroxyl groups is 1. The number of benzene rings is 2. The Bertz CT molecular complexity index is 1050. The van der Waals surface area contributed by atoms with Crippen LogP contribution in [-0.4, -0.2) is 33.5 Å². The highest BCUT2D eigenvalue weighted by Crippen LogP contribution is 2.24. The SMILES string of the molecule is CCOC(=O)c1nn(CC(O)c2ccccc2)c(NC(=O)Nc2ccc(F)cc2)c1C. The van der Waals surface area contributed by atoms with E-state index in [1.165, 1.54) is 28.9 Å². The van der Waals surface area contributed by atoms with Crippen molar-refractivity contribution in [2.24, 2.45) is 0 Å². The summed E-state index contributed by atoms with van der Waals surface area (Å²) in [7, 11) is 0. The lowest BCUT2D eigenvalue weighted by Gasteiger charge is -2.15. The summed E-state index contributed by atoms with van der Waals surface area (Å²) in [4.78, 5) is 24.8. The third-order valence-corrected chi connectivity index (χ3v) is 4.52. The predicted molar refractivity (Wildman–Crippen MR) is 113 cm³/mol. The lowest BCUT2D eigenvalue weighted by atomic mass is 10.1. The van der Waals surface area contributed by atoms with Crippen LogP contribution >= 0.6 is 0 Å². The van der Waals surface area contributed by atoms with Crippen molar-refractivity contribution in [3.63, 3.8) is 0 Å². The molecule has 0 radical (unpaired) electrons. The second-order valence-electron chi connectivity index (χ2n) is 6.74. The van der Waals surface area contributed by atoms with Crippen LogP contribution in [0.25, 0.3) is 0 Å². The molecule has 31 heavy (non-hydrogen) atoms. The van der Waals surface area contributed by atoms with E-state index in [0.29, 0.717) is 16.8 Å². The second-order valence-corrected chi connectivity index (χ2v) is 6.74. The minimum atomic E-state index is -0.920. The van der Waals surface area contributed by atoms with E-state index in [4.69, 9.17) is 4.74 Å². The van der Waals surface area contributed by atoms with Crippen LogP contribution in [0.5, 0.6) is 0 Å². The van der Waals surface area contributed by atoms with E-state index in [0.717, 1.165) is 0 Å². The van der Waals surface area contributed by atoms with Gasteiger partial charge in [0.05, 0.1) is 19.3 Å². The number of hydrogen-bond acceptors (Lipinski definition) is 5. The Morgan fingerprint density at radius 1 is 1.13 bits per heavy atom. The summed E-state index contributed by atoms with van der Waals surface area (Å²) >= 11 is 0. The third-order valence-electron chi connectivity index (χ3n) is 4.52. The smallest absolute Gasteiger partial charge is 0.359 e. The lowest BCUT2D eigenvalue weighted by Crippen LogP contribution is -2.23. The van der Waals surface area contributed by atoms with Gasteiger partial charge in [0, 0.05) is 11.3 Å². The van der Waals surface area contributed by atoms with Gasteiger partial charge in [0.1, 0.15) is 11.6 Å². The van der Waals surface area contributed by atoms with Gasteiger partial charge in [-0.1, -0.05) is 30.3 Å². The predicted octanol–water partition coefficient (Wildman–Crippen LogP) is 3.88. The fourth-order valence-electron chi connectivity index (χ4n) is 2.98. The molecule has 2 aromatic carbocycles. The molecule has 2 amide bonds. The molecule has 0 saturated carbocycles. The fourth-order valence-corrected chi connectivity index (χ4v) is 2.98. The average molecular weight is 426 g/mol. The van der Waals surface area contributed by atoms with E-state index in [1.54, 1.807) is 38.1 Å². The number of urea groups is 1. The average Bonchev–Trinajstić information content (AvgIpc) is 3.06. The van der Waals surface area contributed by atoms with Crippen LogP contribution in [0, 0.1) is 12.7 Å². The topological polar surface area (TPSA) is 105 Å². The molecule has 162 valence electrons. The first-order valence-corrected chi connectivity index (χ1v) is 9.70. The Hall–Kier alpha value is -3.72. The maximum atomic E-state index is 13.1. The van der Waals surface area contributed by atoms with Crippen molar-refractivity contribution >= 4 is 23.5 Å². The second kappa shape index (κ2) is 9.86. The van der Waals surface area contributed by atoms with Gasteiger partial charge in [-0.25, -0.2) is 18.7 Å². The van der Waals surface area contributed by atoms with Gasteiger partial charge < -0.3 is 15.2 Å². The van der Waals surface area contributed by atoms with Crippen LogP contribution in [0.3, 0.4) is 0 Å². The molecule has 3 N–H and O–H groups in total. The van der Waals surface area contributed by atoms with E-state index in [1.807, 2.05) is 6.07 Å². The number of rotatable bonds is 7. The molecule has 0 bridgehead atoms. The van der Waals surface area contributed by atoms with Gasteiger partial charge in [0.25, 0.3) is 0 Å². The highest BCUT2D eigenvalue weighted by molar-refractivity contribution is 6.01. The molecular weight excluding hydrogens is 403 g/mol. The van der Waals surface area contributed by atoms with Crippen LogP contribution in [0.2, 0.25) is 0 Å². The zero-order valence-electron chi connectivity index (χ0n) is 17.1. The molecule has 0 aliphatic rings. The molecule has 8 nitrogen and oxygen atoms in total. The van der Waals surface area contributed by atoms with Crippen molar-refractivity contribution in [1.29, 1.82) is 0 Å². The van der Waals surface area contributed by atoms with Crippen molar-refractivity contribution < 1.29 is 23.8 Å². The first kappa shape index (κ1) is 22.0. The van der Waals surface area contributed by atoms with E-state index >= 15 is 0 Å². The molecule has 9 heteroatoms. The van der Waals surface area contributed by atoms with Crippen molar-refractivity contribution in [1.82, 2.24) is 9.78 Å². The molecule has 1 aromatic heterocycles. The minimum Gasteiger partial charge on any atom is -0.461 e. The highest BCUT2D eigenvalue weighted by Gasteiger charge is 2.24. The molecular formula is C22H23FN4O4.